The second kappa shape index (κ2) is 10.1. The molecule has 0 aromatic carbocycles. The molecule has 0 aliphatic carbocycles. The number of alkyl carbamates (subject to hydrolysis) is 1. The van der Waals surface area contributed by atoms with E-state index in [4.69, 9.17) is 4.74 Å². The molecule has 0 saturated heterocycles. The van der Waals surface area contributed by atoms with Crippen molar-refractivity contribution in [2.24, 2.45) is 0 Å². The molecule has 9 heteroatoms. The fraction of sp³-hybridized carbons (Fsp3) is 0.714. The molecule has 3 amide bonds. The molecule has 8 nitrogen and oxygen atoms in total. The van der Waals surface area contributed by atoms with Gasteiger partial charge in [0.2, 0.25) is 16.9 Å². The summed E-state index contributed by atoms with van der Waals surface area (Å²) < 4.78 is 5.03. The minimum atomic E-state index is -0.818. The molecule has 0 unspecified atom stereocenters. The van der Waals surface area contributed by atoms with Gasteiger partial charge in [-0.1, -0.05) is 11.8 Å². The lowest BCUT2D eigenvalue weighted by atomic mass is 10.2. The standard InChI is InChI=1S/C14H25N3O5S/c1-9(17-13(21)22-14(3,4)5)12(20)16-8-11(19)23-7-6-15-10(2)18/h9H,6-8H2,1-5H3,(H,15,18)(H,16,20)(H,17,21)/t9-/m0/s1. The zero-order chi connectivity index (χ0) is 18.0. The van der Waals surface area contributed by atoms with Crippen LogP contribution in [0.1, 0.15) is 34.6 Å². The van der Waals surface area contributed by atoms with Gasteiger partial charge in [-0.25, -0.2) is 4.79 Å². The third kappa shape index (κ3) is 12.5. The Labute approximate surface area is 140 Å². The van der Waals surface area contributed by atoms with Crippen LogP contribution in [0.25, 0.3) is 0 Å². The van der Waals surface area contributed by atoms with Crippen molar-refractivity contribution in [2.45, 2.75) is 46.3 Å². The third-order valence-electron chi connectivity index (χ3n) is 2.27. The number of thioether (sulfide) groups is 1. The van der Waals surface area contributed by atoms with Crippen molar-refractivity contribution < 1.29 is 23.9 Å². The van der Waals surface area contributed by atoms with Crippen molar-refractivity contribution >= 4 is 34.8 Å². The molecule has 0 saturated carbocycles. The molecule has 0 aromatic rings. The maximum Gasteiger partial charge on any atom is 0.408 e. The van der Waals surface area contributed by atoms with E-state index in [2.05, 4.69) is 16.0 Å². The second-order valence-electron chi connectivity index (χ2n) is 5.79. The zero-order valence-electron chi connectivity index (χ0n) is 14.1. The molecular formula is C14H25N3O5S. The highest BCUT2D eigenvalue weighted by Crippen LogP contribution is 2.06. The summed E-state index contributed by atoms with van der Waals surface area (Å²) in [6.07, 6.45) is -0.698. The number of carbonyl (C=O) groups is 4. The van der Waals surface area contributed by atoms with E-state index in [-0.39, 0.29) is 17.6 Å². The largest absolute Gasteiger partial charge is 0.444 e. The topological polar surface area (TPSA) is 114 Å². The summed E-state index contributed by atoms with van der Waals surface area (Å²) in [5.74, 6) is -0.208. The van der Waals surface area contributed by atoms with Gasteiger partial charge in [-0.15, -0.1) is 0 Å². The smallest absolute Gasteiger partial charge is 0.408 e. The lowest BCUT2D eigenvalue weighted by molar-refractivity contribution is -0.124. The summed E-state index contributed by atoms with van der Waals surface area (Å²) in [7, 11) is 0. The van der Waals surface area contributed by atoms with Gasteiger partial charge in [-0.2, -0.15) is 0 Å². The van der Waals surface area contributed by atoms with Crippen molar-refractivity contribution in [3.8, 4) is 0 Å². The average Bonchev–Trinajstić information content (AvgIpc) is 2.38. The van der Waals surface area contributed by atoms with Gasteiger partial charge < -0.3 is 20.7 Å². The Morgan fingerprint density at radius 1 is 1.13 bits per heavy atom. The van der Waals surface area contributed by atoms with Crippen LogP contribution in [0, 0.1) is 0 Å². The van der Waals surface area contributed by atoms with Crippen molar-refractivity contribution in [1.82, 2.24) is 16.0 Å². The lowest BCUT2D eigenvalue weighted by Crippen LogP contribution is -2.47. The van der Waals surface area contributed by atoms with E-state index < -0.39 is 23.6 Å². The molecule has 0 aliphatic rings. The van der Waals surface area contributed by atoms with Gasteiger partial charge in [0.1, 0.15) is 11.6 Å². The van der Waals surface area contributed by atoms with Crippen LogP contribution < -0.4 is 16.0 Å². The van der Waals surface area contributed by atoms with Gasteiger partial charge in [0, 0.05) is 19.2 Å². The number of nitrogens with one attached hydrogen (secondary N) is 3. The predicted molar refractivity (Wildman–Crippen MR) is 88.0 cm³/mol. The first-order valence-electron chi connectivity index (χ1n) is 7.18. The quantitative estimate of drug-likeness (QED) is 0.575. The molecular weight excluding hydrogens is 322 g/mol. The Balaban J connectivity index is 3.97. The molecule has 0 fully saturated rings. The fourth-order valence-electron chi connectivity index (χ4n) is 1.31. The van der Waals surface area contributed by atoms with Gasteiger partial charge in [0.25, 0.3) is 0 Å². The summed E-state index contributed by atoms with van der Waals surface area (Å²) in [4.78, 5) is 45.5. The van der Waals surface area contributed by atoms with Crippen LogP contribution in [0.3, 0.4) is 0 Å². The Morgan fingerprint density at radius 3 is 2.26 bits per heavy atom. The van der Waals surface area contributed by atoms with Gasteiger partial charge in [-0.05, 0) is 27.7 Å². The third-order valence-corrected chi connectivity index (χ3v) is 3.15. The first kappa shape index (κ1) is 21.2. The molecule has 0 spiro atoms. The van der Waals surface area contributed by atoms with E-state index in [0.717, 1.165) is 11.8 Å². The Hall–Kier alpha value is -1.77. The Morgan fingerprint density at radius 2 is 1.74 bits per heavy atom. The molecule has 132 valence electrons. The Bertz CT molecular complexity index is 448. The van der Waals surface area contributed by atoms with Crippen LogP contribution in [-0.2, 0) is 19.1 Å². The monoisotopic (exact) mass is 347 g/mol. The fourth-order valence-corrected chi connectivity index (χ4v) is 1.91. The van der Waals surface area contributed by atoms with Crippen molar-refractivity contribution in [1.29, 1.82) is 0 Å². The molecule has 0 rings (SSSR count). The summed E-state index contributed by atoms with van der Waals surface area (Å²) in [6.45, 7) is 8.27. The van der Waals surface area contributed by atoms with E-state index in [1.54, 1.807) is 20.8 Å². The summed E-state index contributed by atoms with van der Waals surface area (Å²) in [5.41, 5.74) is -0.652. The molecule has 0 bridgehead atoms. The highest BCUT2D eigenvalue weighted by Gasteiger charge is 2.21. The number of carbonyl (C=O) groups excluding carboxylic acids is 4. The molecule has 0 radical (unpaired) electrons. The summed E-state index contributed by atoms with van der Waals surface area (Å²) in [5, 5.41) is 7.15. The highest BCUT2D eigenvalue weighted by molar-refractivity contribution is 8.13. The normalized spacial score (nSPS) is 12.0. The number of hydrogen-bond donors (Lipinski definition) is 3. The van der Waals surface area contributed by atoms with E-state index in [1.807, 2.05) is 0 Å². The van der Waals surface area contributed by atoms with Crippen molar-refractivity contribution in [2.75, 3.05) is 18.8 Å². The van der Waals surface area contributed by atoms with Crippen LogP contribution in [0.5, 0.6) is 0 Å². The predicted octanol–water partition coefficient (Wildman–Crippen LogP) is 0.412. The van der Waals surface area contributed by atoms with E-state index in [1.165, 1.54) is 13.8 Å². The molecule has 0 aliphatic heterocycles. The molecule has 23 heavy (non-hydrogen) atoms. The number of hydrogen-bond acceptors (Lipinski definition) is 6. The van der Waals surface area contributed by atoms with Crippen molar-refractivity contribution in [3.63, 3.8) is 0 Å². The maximum absolute atomic E-state index is 11.8. The van der Waals surface area contributed by atoms with Crippen LogP contribution in [0.15, 0.2) is 0 Å². The average molecular weight is 347 g/mol. The first-order valence-corrected chi connectivity index (χ1v) is 8.17. The van der Waals surface area contributed by atoms with Gasteiger partial charge >= 0.3 is 6.09 Å². The summed E-state index contributed by atoms with van der Waals surface area (Å²) >= 11 is 1.01. The van der Waals surface area contributed by atoms with Crippen molar-refractivity contribution in [3.05, 3.63) is 0 Å². The SMILES string of the molecule is CC(=O)NCCSC(=O)CNC(=O)[C@H](C)NC(=O)OC(C)(C)C. The zero-order valence-corrected chi connectivity index (χ0v) is 15.0. The van der Waals surface area contributed by atoms with E-state index in [9.17, 15) is 19.2 Å². The van der Waals surface area contributed by atoms with E-state index >= 15 is 0 Å². The minimum Gasteiger partial charge on any atom is -0.444 e. The number of ether oxygens (including phenoxy) is 1. The van der Waals surface area contributed by atoms with Crippen LogP contribution in [-0.4, -0.2) is 53.5 Å². The molecule has 0 heterocycles. The van der Waals surface area contributed by atoms with Gasteiger partial charge in [0.15, 0.2) is 0 Å². The number of amides is 3. The molecule has 1 atom stereocenters. The molecule has 0 aromatic heterocycles. The highest BCUT2D eigenvalue weighted by atomic mass is 32.2. The lowest BCUT2D eigenvalue weighted by Gasteiger charge is -2.21. The Kier molecular flexibility index (Phi) is 9.31. The summed E-state index contributed by atoms with van der Waals surface area (Å²) in [6, 6.07) is -0.818. The van der Waals surface area contributed by atoms with Crippen LogP contribution >= 0.6 is 11.8 Å². The van der Waals surface area contributed by atoms with Crippen LogP contribution in [0.2, 0.25) is 0 Å². The van der Waals surface area contributed by atoms with Gasteiger partial charge in [-0.3, -0.25) is 14.4 Å². The van der Waals surface area contributed by atoms with Gasteiger partial charge in [0.05, 0.1) is 6.54 Å². The molecule has 3 N–H and O–H groups in total. The number of rotatable bonds is 7. The maximum atomic E-state index is 11.8. The van der Waals surface area contributed by atoms with E-state index in [0.29, 0.717) is 12.3 Å². The first-order chi connectivity index (χ1) is 10.5. The second-order valence-corrected chi connectivity index (χ2v) is 6.94. The minimum absolute atomic E-state index is 0.149. The van der Waals surface area contributed by atoms with Crippen LogP contribution in [0.4, 0.5) is 4.79 Å².